The van der Waals surface area contributed by atoms with Crippen LogP contribution in [0.15, 0.2) is 34.7 Å². The lowest BCUT2D eigenvalue weighted by atomic mass is 10.1. The van der Waals surface area contributed by atoms with Gasteiger partial charge in [-0.3, -0.25) is 0 Å². The molecular weight excluding hydrogens is 139 g/mol. The van der Waals surface area contributed by atoms with Crippen molar-refractivity contribution in [1.29, 1.82) is 0 Å². The van der Waals surface area contributed by atoms with E-state index in [1.54, 1.807) is 12.2 Å². The predicted octanol–water partition coefficient (Wildman–Crippen LogP) is 3.53. The van der Waals surface area contributed by atoms with Crippen molar-refractivity contribution in [2.45, 2.75) is 27.2 Å². The quantitative estimate of drug-likeness (QED) is 0.498. The van der Waals surface area contributed by atoms with Gasteiger partial charge in [-0.1, -0.05) is 11.1 Å². The van der Waals surface area contributed by atoms with Gasteiger partial charge in [-0.2, -0.15) is 0 Å². The van der Waals surface area contributed by atoms with E-state index in [0.717, 1.165) is 17.6 Å². The molecule has 0 bridgehead atoms. The lowest BCUT2D eigenvalue weighted by molar-refractivity contribution is 0.665. The summed E-state index contributed by atoms with van der Waals surface area (Å²) >= 11 is 0. The van der Waals surface area contributed by atoms with Gasteiger partial charge in [0.2, 0.25) is 0 Å². The standard InChI is InChI=1S/C10H13F/c1-7-4-8(2)9(3)6-10(11)5-7/h5-6H,4H2,1-3H3. The van der Waals surface area contributed by atoms with E-state index in [1.807, 2.05) is 20.8 Å². The largest absolute Gasteiger partial charge is 0.207 e. The zero-order valence-electron chi connectivity index (χ0n) is 7.24. The molecule has 0 aromatic carbocycles. The molecular formula is C10H13F. The second-order valence-electron chi connectivity index (χ2n) is 3.16. The summed E-state index contributed by atoms with van der Waals surface area (Å²) in [4.78, 5) is 0. The van der Waals surface area contributed by atoms with E-state index in [4.69, 9.17) is 0 Å². The molecule has 0 spiro atoms. The first kappa shape index (κ1) is 8.25. The molecule has 1 heteroatoms. The molecule has 0 saturated carbocycles. The molecule has 0 aliphatic heterocycles. The number of hydrogen-bond donors (Lipinski definition) is 0. The van der Waals surface area contributed by atoms with Gasteiger partial charge in [-0.15, -0.1) is 0 Å². The van der Waals surface area contributed by atoms with Crippen LogP contribution in [0.25, 0.3) is 0 Å². The molecule has 0 aromatic rings. The average molecular weight is 152 g/mol. The average Bonchev–Trinajstić information content (AvgIpc) is 1.93. The van der Waals surface area contributed by atoms with Crippen LogP contribution in [0.3, 0.4) is 0 Å². The molecule has 0 nitrogen and oxygen atoms in total. The summed E-state index contributed by atoms with van der Waals surface area (Å²) in [5, 5.41) is 0. The predicted molar refractivity (Wildman–Crippen MR) is 45.9 cm³/mol. The summed E-state index contributed by atoms with van der Waals surface area (Å²) in [6.45, 7) is 5.94. The Balaban J connectivity index is 3.04. The normalized spacial score (nSPS) is 19.3. The lowest BCUT2D eigenvalue weighted by Gasteiger charge is -2.00. The highest BCUT2D eigenvalue weighted by Crippen LogP contribution is 2.22. The fourth-order valence-electron chi connectivity index (χ4n) is 1.22. The van der Waals surface area contributed by atoms with E-state index >= 15 is 0 Å². The Kier molecular flexibility index (Phi) is 2.28. The molecule has 0 amide bonds. The molecule has 11 heavy (non-hydrogen) atoms. The van der Waals surface area contributed by atoms with Crippen molar-refractivity contribution in [3.8, 4) is 0 Å². The van der Waals surface area contributed by atoms with Crippen LogP contribution in [0.4, 0.5) is 4.39 Å². The lowest BCUT2D eigenvalue weighted by Crippen LogP contribution is -1.80. The van der Waals surface area contributed by atoms with Crippen LogP contribution in [-0.4, -0.2) is 0 Å². The first-order valence-corrected chi connectivity index (χ1v) is 3.80. The maximum Gasteiger partial charge on any atom is 0.123 e. The number of rotatable bonds is 0. The zero-order chi connectivity index (χ0) is 8.43. The van der Waals surface area contributed by atoms with Gasteiger partial charge < -0.3 is 0 Å². The van der Waals surface area contributed by atoms with Crippen molar-refractivity contribution in [3.63, 3.8) is 0 Å². The molecule has 1 aliphatic carbocycles. The summed E-state index contributed by atoms with van der Waals surface area (Å²) in [7, 11) is 0. The van der Waals surface area contributed by atoms with E-state index in [2.05, 4.69) is 0 Å². The Labute approximate surface area is 67.1 Å². The van der Waals surface area contributed by atoms with Crippen molar-refractivity contribution in [1.82, 2.24) is 0 Å². The van der Waals surface area contributed by atoms with Crippen LogP contribution in [-0.2, 0) is 0 Å². The number of halogens is 1. The van der Waals surface area contributed by atoms with Gasteiger partial charge in [0, 0.05) is 0 Å². The van der Waals surface area contributed by atoms with E-state index in [0.29, 0.717) is 0 Å². The molecule has 0 atom stereocenters. The Morgan fingerprint density at radius 1 is 1.18 bits per heavy atom. The van der Waals surface area contributed by atoms with Gasteiger partial charge in [0.25, 0.3) is 0 Å². The van der Waals surface area contributed by atoms with Crippen LogP contribution in [0.1, 0.15) is 27.2 Å². The van der Waals surface area contributed by atoms with E-state index in [-0.39, 0.29) is 5.83 Å². The van der Waals surface area contributed by atoms with Gasteiger partial charge in [0.05, 0.1) is 0 Å². The second kappa shape index (κ2) is 3.04. The smallest absolute Gasteiger partial charge is 0.123 e. The van der Waals surface area contributed by atoms with Crippen molar-refractivity contribution >= 4 is 0 Å². The third-order valence-electron chi connectivity index (χ3n) is 1.96. The highest BCUT2D eigenvalue weighted by molar-refractivity contribution is 5.35. The first-order chi connectivity index (χ1) is 5.09. The first-order valence-electron chi connectivity index (χ1n) is 3.80. The highest BCUT2D eigenvalue weighted by Gasteiger charge is 2.03. The van der Waals surface area contributed by atoms with Gasteiger partial charge >= 0.3 is 0 Å². The Morgan fingerprint density at radius 3 is 2.45 bits per heavy atom. The van der Waals surface area contributed by atoms with Crippen LogP contribution >= 0.6 is 0 Å². The third-order valence-corrected chi connectivity index (χ3v) is 1.96. The molecule has 60 valence electrons. The molecule has 1 rings (SSSR count). The molecule has 0 unspecified atom stereocenters. The zero-order valence-corrected chi connectivity index (χ0v) is 7.24. The Bertz CT molecular complexity index is 254. The summed E-state index contributed by atoms with van der Waals surface area (Å²) in [6, 6.07) is 0. The second-order valence-corrected chi connectivity index (χ2v) is 3.16. The summed E-state index contributed by atoms with van der Waals surface area (Å²) < 4.78 is 12.9. The van der Waals surface area contributed by atoms with E-state index in [9.17, 15) is 4.39 Å². The fraction of sp³-hybridized carbons (Fsp3) is 0.400. The number of allylic oxidation sites excluding steroid dienone is 6. The topological polar surface area (TPSA) is 0 Å². The minimum atomic E-state index is -0.128. The van der Waals surface area contributed by atoms with E-state index < -0.39 is 0 Å². The molecule has 1 aliphatic rings. The van der Waals surface area contributed by atoms with Crippen molar-refractivity contribution in [2.24, 2.45) is 0 Å². The molecule has 0 aromatic heterocycles. The SMILES string of the molecule is CC1=CC(F)=CC(C)=C(C)C1. The maximum atomic E-state index is 12.9. The van der Waals surface area contributed by atoms with Crippen LogP contribution in [0.2, 0.25) is 0 Å². The maximum absolute atomic E-state index is 12.9. The number of hydrogen-bond acceptors (Lipinski definition) is 0. The van der Waals surface area contributed by atoms with Crippen molar-refractivity contribution in [2.75, 3.05) is 0 Å². The van der Waals surface area contributed by atoms with Crippen molar-refractivity contribution < 1.29 is 4.39 Å². The minimum absolute atomic E-state index is 0.128. The monoisotopic (exact) mass is 152 g/mol. The van der Waals surface area contributed by atoms with Gasteiger partial charge in [0.1, 0.15) is 5.83 Å². The summed E-state index contributed by atoms with van der Waals surface area (Å²) in [5.41, 5.74) is 3.40. The Hall–Kier alpha value is -0.850. The van der Waals surface area contributed by atoms with Crippen LogP contribution < -0.4 is 0 Å². The fourth-order valence-corrected chi connectivity index (χ4v) is 1.22. The van der Waals surface area contributed by atoms with Gasteiger partial charge in [-0.05, 0) is 44.9 Å². The van der Waals surface area contributed by atoms with Gasteiger partial charge in [0.15, 0.2) is 0 Å². The molecule has 0 fully saturated rings. The summed E-state index contributed by atoms with van der Waals surface area (Å²) in [5.74, 6) is -0.128. The van der Waals surface area contributed by atoms with Crippen LogP contribution in [0, 0.1) is 0 Å². The van der Waals surface area contributed by atoms with E-state index in [1.165, 1.54) is 5.57 Å². The Morgan fingerprint density at radius 2 is 1.82 bits per heavy atom. The van der Waals surface area contributed by atoms with Gasteiger partial charge in [-0.25, -0.2) is 4.39 Å². The summed E-state index contributed by atoms with van der Waals surface area (Å²) in [6.07, 6.45) is 4.08. The highest BCUT2D eigenvalue weighted by atomic mass is 19.1. The molecule has 0 heterocycles. The van der Waals surface area contributed by atoms with Crippen molar-refractivity contribution in [3.05, 3.63) is 34.7 Å². The molecule has 0 radical (unpaired) electrons. The van der Waals surface area contributed by atoms with Crippen LogP contribution in [0.5, 0.6) is 0 Å². The minimum Gasteiger partial charge on any atom is -0.207 e. The third kappa shape index (κ3) is 2.04. The molecule has 0 N–H and O–H groups in total. The molecule has 0 saturated heterocycles.